The zero-order valence-electron chi connectivity index (χ0n) is 14.8. The molecule has 0 bridgehead atoms. The number of nitrogens with zero attached hydrogens (tertiary/aromatic N) is 5. The van der Waals surface area contributed by atoms with E-state index in [2.05, 4.69) is 27.9 Å². The predicted octanol–water partition coefficient (Wildman–Crippen LogP) is 3.61. The molecular formula is C21H21N5. The van der Waals surface area contributed by atoms with Crippen LogP contribution in [0.5, 0.6) is 0 Å². The zero-order valence-corrected chi connectivity index (χ0v) is 14.8. The fraction of sp³-hybridized carbons (Fsp3) is 0.286. The largest absolute Gasteiger partial charge is 0.357 e. The second-order valence-electron chi connectivity index (χ2n) is 6.68. The van der Waals surface area contributed by atoms with Gasteiger partial charge in [-0.05, 0) is 37.1 Å². The summed E-state index contributed by atoms with van der Waals surface area (Å²) in [4.78, 5) is 13.7. The van der Waals surface area contributed by atoms with Gasteiger partial charge in [0.1, 0.15) is 17.7 Å². The van der Waals surface area contributed by atoms with Crippen molar-refractivity contribution in [1.82, 2.24) is 9.97 Å². The lowest BCUT2D eigenvalue weighted by molar-refractivity contribution is 0.478. The van der Waals surface area contributed by atoms with Crippen LogP contribution in [0.4, 0.5) is 11.6 Å². The number of hydrogen-bond acceptors (Lipinski definition) is 5. The van der Waals surface area contributed by atoms with Gasteiger partial charge in [-0.2, -0.15) is 5.26 Å². The number of rotatable bonds is 3. The van der Waals surface area contributed by atoms with Gasteiger partial charge in [0.15, 0.2) is 0 Å². The van der Waals surface area contributed by atoms with Crippen LogP contribution in [0.3, 0.4) is 0 Å². The number of anilines is 2. The number of nitriles is 1. The number of hydrogen-bond donors (Lipinski definition) is 0. The van der Waals surface area contributed by atoms with Crippen molar-refractivity contribution in [3.63, 3.8) is 0 Å². The van der Waals surface area contributed by atoms with Gasteiger partial charge in [-0.3, -0.25) is 0 Å². The minimum absolute atomic E-state index is 0.451. The fourth-order valence-electron chi connectivity index (χ4n) is 3.64. The van der Waals surface area contributed by atoms with Crippen LogP contribution in [0.15, 0.2) is 54.7 Å². The van der Waals surface area contributed by atoms with Crippen molar-refractivity contribution in [2.24, 2.45) is 0 Å². The van der Waals surface area contributed by atoms with Crippen LogP contribution in [-0.2, 0) is 0 Å². The summed E-state index contributed by atoms with van der Waals surface area (Å²) in [5.74, 6) is 1.82. The Morgan fingerprint density at radius 3 is 2.62 bits per heavy atom. The van der Waals surface area contributed by atoms with Crippen LogP contribution in [0.1, 0.15) is 18.4 Å². The molecule has 1 fully saturated rings. The van der Waals surface area contributed by atoms with E-state index in [1.54, 1.807) is 0 Å². The molecule has 0 amide bonds. The number of piperidine rings is 1. The number of aromatic nitrogens is 2. The van der Waals surface area contributed by atoms with Gasteiger partial charge >= 0.3 is 0 Å². The van der Waals surface area contributed by atoms with Gasteiger partial charge in [0.05, 0.1) is 11.1 Å². The Balaban J connectivity index is 1.53. The van der Waals surface area contributed by atoms with Crippen molar-refractivity contribution >= 4 is 22.5 Å². The summed E-state index contributed by atoms with van der Waals surface area (Å²) >= 11 is 0. The summed E-state index contributed by atoms with van der Waals surface area (Å²) < 4.78 is 0. The van der Waals surface area contributed by atoms with Crippen LogP contribution in [0.2, 0.25) is 0 Å². The SMILES string of the molecule is CN(c1ccccn1)C1CCN(c2nc3ccccc3cc2C#N)CC1. The lowest BCUT2D eigenvalue weighted by Crippen LogP contribution is -2.44. The maximum absolute atomic E-state index is 9.56. The molecule has 5 nitrogen and oxygen atoms in total. The standard InChI is InChI=1S/C21H21N5/c1-25(20-8-4-5-11-23-20)18-9-12-26(13-10-18)21-17(15-22)14-16-6-2-3-7-19(16)24-21/h2-8,11,14,18H,9-10,12-13H2,1H3. The van der Waals surface area contributed by atoms with Crippen molar-refractivity contribution in [3.8, 4) is 6.07 Å². The molecule has 5 heteroatoms. The molecule has 0 spiro atoms. The molecule has 1 aliphatic rings. The molecule has 0 aliphatic carbocycles. The summed E-state index contributed by atoms with van der Waals surface area (Å²) in [6.07, 6.45) is 3.87. The zero-order chi connectivity index (χ0) is 17.9. The molecule has 1 saturated heterocycles. The average molecular weight is 343 g/mol. The van der Waals surface area contributed by atoms with Gasteiger partial charge in [0.2, 0.25) is 0 Å². The minimum Gasteiger partial charge on any atom is -0.357 e. The van der Waals surface area contributed by atoms with Gasteiger partial charge < -0.3 is 9.80 Å². The van der Waals surface area contributed by atoms with E-state index in [0.717, 1.165) is 48.5 Å². The predicted molar refractivity (Wildman–Crippen MR) is 104 cm³/mol. The van der Waals surface area contributed by atoms with E-state index in [1.807, 2.05) is 54.7 Å². The molecule has 0 radical (unpaired) electrons. The summed E-state index contributed by atoms with van der Waals surface area (Å²) in [6, 6.07) is 18.7. The van der Waals surface area contributed by atoms with E-state index < -0.39 is 0 Å². The van der Waals surface area contributed by atoms with Crippen LogP contribution < -0.4 is 9.80 Å². The van der Waals surface area contributed by atoms with Gasteiger partial charge in [0.25, 0.3) is 0 Å². The first-order valence-electron chi connectivity index (χ1n) is 8.95. The topological polar surface area (TPSA) is 56.1 Å². The highest BCUT2D eigenvalue weighted by molar-refractivity contribution is 5.83. The lowest BCUT2D eigenvalue weighted by atomic mass is 10.0. The van der Waals surface area contributed by atoms with Crippen molar-refractivity contribution in [2.45, 2.75) is 18.9 Å². The molecule has 0 atom stereocenters. The smallest absolute Gasteiger partial charge is 0.147 e. The average Bonchev–Trinajstić information content (AvgIpc) is 2.73. The Morgan fingerprint density at radius 1 is 1.12 bits per heavy atom. The van der Waals surface area contributed by atoms with E-state index >= 15 is 0 Å². The number of benzene rings is 1. The molecule has 1 aliphatic heterocycles. The Hall–Kier alpha value is -3.13. The maximum atomic E-state index is 9.56. The first kappa shape index (κ1) is 16.3. The summed E-state index contributed by atoms with van der Waals surface area (Å²) in [6.45, 7) is 1.78. The minimum atomic E-state index is 0.451. The Bertz CT molecular complexity index is 940. The van der Waals surface area contributed by atoms with Crippen LogP contribution >= 0.6 is 0 Å². The maximum Gasteiger partial charge on any atom is 0.147 e. The van der Waals surface area contributed by atoms with E-state index in [-0.39, 0.29) is 0 Å². The molecule has 0 unspecified atom stereocenters. The monoisotopic (exact) mass is 343 g/mol. The van der Waals surface area contributed by atoms with Gasteiger partial charge in [-0.25, -0.2) is 9.97 Å². The highest BCUT2D eigenvalue weighted by Gasteiger charge is 2.25. The van der Waals surface area contributed by atoms with E-state index in [4.69, 9.17) is 4.98 Å². The van der Waals surface area contributed by atoms with Crippen molar-refractivity contribution in [1.29, 1.82) is 5.26 Å². The van der Waals surface area contributed by atoms with E-state index in [9.17, 15) is 5.26 Å². The van der Waals surface area contributed by atoms with Crippen LogP contribution in [0.25, 0.3) is 10.9 Å². The second-order valence-corrected chi connectivity index (χ2v) is 6.68. The summed E-state index contributed by atoms with van der Waals surface area (Å²) in [5.41, 5.74) is 1.59. The van der Waals surface area contributed by atoms with Gasteiger partial charge in [-0.1, -0.05) is 24.3 Å². The molecular weight excluding hydrogens is 322 g/mol. The Labute approximate surface area is 153 Å². The molecule has 2 aromatic heterocycles. The molecule has 3 heterocycles. The van der Waals surface area contributed by atoms with Crippen molar-refractivity contribution in [2.75, 3.05) is 29.9 Å². The highest BCUT2D eigenvalue weighted by atomic mass is 15.2. The number of pyridine rings is 2. The second kappa shape index (κ2) is 7.01. The summed E-state index contributed by atoms with van der Waals surface area (Å²) in [5, 5.41) is 10.6. The number of fused-ring (bicyclic) bond motifs is 1. The van der Waals surface area contributed by atoms with E-state index in [1.165, 1.54) is 0 Å². The van der Waals surface area contributed by atoms with Gasteiger partial charge in [0, 0.05) is 37.8 Å². The lowest BCUT2D eigenvalue weighted by Gasteiger charge is -2.38. The first-order chi connectivity index (χ1) is 12.8. The molecule has 26 heavy (non-hydrogen) atoms. The van der Waals surface area contributed by atoms with Crippen molar-refractivity contribution < 1.29 is 0 Å². The molecule has 1 aromatic carbocycles. The molecule has 4 rings (SSSR count). The number of para-hydroxylation sites is 1. The van der Waals surface area contributed by atoms with Gasteiger partial charge in [-0.15, -0.1) is 0 Å². The van der Waals surface area contributed by atoms with Crippen LogP contribution in [-0.4, -0.2) is 36.1 Å². The molecule has 3 aromatic rings. The Morgan fingerprint density at radius 2 is 1.88 bits per heavy atom. The van der Waals surface area contributed by atoms with E-state index in [0.29, 0.717) is 11.6 Å². The quantitative estimate of drug-likeness (QED) is 0.727. The summed E-state index contributed by atoms with van der Waals surface area (Å²) in [7, 11) is 2.11. The molecule has 0 saturated carbocycles. The third-order valence-corrected chi connectivity index (χ3v) is 5.15. The fourth-order valence-corrected chi connectivity index (χ4v) is 3.64. The highest BCUT2D eigenvalue weighted by Crippen LogP contribution is 2.27. The molecule has 130 valence electrons. The third-order valence-electron chi connectivity index (χ3n) is 5.15. The van der Waals surface area contributed by atoms with Crippen molar-refractivity contribution in [3.05, 3.63) is 60.3 Å². The normalized spacial score (nSPS) is 15.0. The Kier molecular flexibility index (Phi) is 4.40. The molecule has 0 N–H and O–H groups in total. The van der Waals surface area contributed by atoms with Crippen LogP contribution in [0, 0.1) is 11.3 Å². The third kappa shape index (κ3) is 3.06. The first-order valence-corrected chi connectivity index (χ1v) is 8.95.